The van der Waals surface area contributed by atoms with Gasteiger partial charge in [0.05, 0.1) is 0 Å². The summed E-state index contributed by atoms with van der Waals surface area (Å²) in [6.07, 6.45) is 1.21. The smallest absolute Gasteiger partial charge is 0.0268 e. The number of hydrogen-bond donors (Lipinski definition) is 1. The van der Waals surface area contributed by atoms with Crippen LogP contribution in [0.3, 0.4) is 0 Å². The van der Waals surface area contributed by atoms with Crippen LogP contribution < -0.4 is 5.32 Å². The molecule has 0 heterocycles. The van der Waals surface area contributed by atoms with E-state index in [0.29, 0.717) is 6.04 Å². The van der Waals surface area contributed by atoms with Crippen molar-refractivity contribution in [3.63, 3.8) is 0 Å². The van der Waals surface area contributed by atoms with E-state index >= 15 is 0 Å². The molecule has 0 aromatic carbocycles. The number of hydrogen-bond acceptors (Lipinski definition) is 2. The Balaban J connectivity index is 3.90. The lowest BCUT2D eigenvalue weighted by Crippen LogP contribution is -2.39. The molecule has 0 aromatic rings. The third-order valence-corrected chi connectivity index (χ3v) is 2.20. The number of nitrogens with zero attached hydrogens (tertiary/aromatic N) is 1. The summed E-state index contributed by atoms with van der Waals surface area (Å²) in [5, 5.41) is 3.49. The maximum atomic E-state index is 3.83. The zero-order valence-corrected chi connectivity index (χ0v) is 11.4. The summed E-state index contributed by atoms with van der Waals surface area (Å²) in [7, 11) is 4.22. The fourth-order valence-corrected chi connectivity index (χ4v) is 1.65. The largest absolute Gasteiger partial charge is 0.308 e. The van der Waals surface area contributed by atoms with Crippen LogP contribution in [0.2, 0.25) is 0 Å². The Bertz CT molecular complexity index is 157. The van der Waals surface area contributed by atoms with Gasteiger partial charge in [-0.15, -0.1) is 0 Å². The van der Waals surface area contributed by atoms with Crippen molar-refractivity contribution in [3.8, 4) is 0 Å². The fourth-order valence-electron chi connectivity index (χ4n) is 1.49. The summed E-state index contributed by atoms with van der Waals surface area (Å²) in [5.74, 6) is 0.732. The van der Waals surface area contributed by atoms with Crippen LogP contribution in [0.1, 0.15) is 20.3 Å². The second-order valence-corrected chi connectivity index (χ2v) is 5.61. The van der Waals surface area contributed by atoms with Gasteiger partial charge in [0.25, 0.3) is 0 Å². The molecular formula is C11H23BrN2. The predicted molar refractivity (Wildman–Crippen MR) is 67.9 cm³/mol. The van der Waals surface area contributed by atoms with Gasteiger partial charge >= 0.3 is 0 Å². The van der Waals surface area contributed by atoms with Gasteiger partial charge in [0, 0.05) is 23.6 Å². The Morgan fingerprint density at radius 1 is 1.43 bits per heavy atom. The highest BCUT2D eigenvalue weighted by molar-refractivity contribution is 9.11. The van der Waals surface area contributed by atoms with Crippen molar-refractivity contribution < 1.29 is 0 Å². The lowest BCUT2D eigenvalue weighted by Gasteiger charge is -2.23. The monoisotopic (exact) mass is 262 g/mol. The lowest BCUT2D eigenvalue weighted by molar-refractivity contribution is 0.312. The van der Waals surface area contributed by atoms with E-state index in [1.165, 1.54) is 6.42 Å². The molecule has 2 nitrogen and oxygen atoms in total. The van der Waals surface area contributed by atoms with Gasteiger partial charge < -0.3 is 10.2 Å². The van der Waals surface area contributed by atoms with Crippen LogP contribution in [-0.4, -0.2) is 38.1 Å². The minimum atomic E-state index is 0.555. The maximum Gasteiger partial charge on any atom is 0.0268 e. The molecule has 1 atom stereocenters. The van der Waals surface area contributed by atoms with Crippen molar-refractivity contribution in [2.24, 2.45) is 5.92 Å². The summed E-state index contributed by atoms with van der Waals surface area (Å²) in [4.78, 5) is 2.22. The first-order valence-corrected chi connectivity index (χ1v) is 5.92. The average Bonchev–Trinajstić information content (AvgIpc) is 1.97. The Kier molecular flexibility index (Phi) is 7.51. The first kappa shape index (κ1) is 14.1. The standard InChI is InChI=1S/C11H23BrN2/c1-9(2)6-11(8-14(4)5)13-7-10(3)12/h9,11,13H,3,6-8H2,1-2,4-5H3. The second kappa shape index (κ2) is 7.43. The summed E-state index contributed by atoms with van der Waals surface area (Å²) in [6.45, 7) is 10.3. The Hall–Kier alpha value is 0.140. The van der Waals surface area contributed by atoms with E-state index in [-0.39, 0.29) is 0 Å². The Labute approximate surface area is 96.9 Å². The molecule has 1 N–H and O–H groups in total. The second-order valence-electron chi connectivity index (χ2n) is 4.49. The molecule has 3 heteroatoms. The molecule has 0 aliphatic carbocycles. The number of rotatable bonds is 7. The van der Waals surface area contributed by atoms with Crippen LogP contribution in [0.25, 0.3) is 0 Å². The minimum absolute atomic E-state index is 0.555. The molecule has 0 rings (SSSR count). The topological polar surface area (TPSA) is 15.3 Å². The van der Waals surface area contributed by atoms with Gasteiger partial charge in [-0.05, 0) is 26.4 Å². The molecule has 0 aliphatic heterocycles. The molecule has 0 saturated carbocycles. The molecule has 0 fully saturated rings. The number of likely N-dealkylation sites (N-methyl/N-ethyl adjacent to an activating group) is 1. The van der Waals surface area contributed by atoms with Gasteiger partial charge in [-0.2, -0.15) is 0 Å². The Morgan fingerprint density at radius 2 is 2.00 bits per heavy atom. The summed E-state index contributed by atoms with van der Waals surface area (Å²) in [6, 6.07) is 0.555. The molecule has 84 valence electrons. The molecular weight excluding hydrogens is 240 g/mol. The molecule has 0 amide bonds. The third kappa shape index (κ3) is 8.73. The third-order valence-electron chi connectivity index (χ3n) is 1.92. The van der Waals surface area contributed by atoms with E-state index in [1.807, 2.05) is 0 Å². The predicted octanol–water partition coefficient (Wildman–Crippen LogP) is 2.46. The van der Waals surface area contributed by atoms with E-state index in [2.05, 4.69) is 60.7 Å². The molecule has 0 spiro atoms. The van der Waals surface area contributed by atoms with Crippen LogP contribution in [0, 0.1) is 5.92 Å². The number of nitrogens with one attached hydrogen (secondary N) is 1. The van der Waals surface area contributed by atoms with E-state index < -0.39 is 0 Å². The van der Waals surface area contributed by atoms with Crippen LogP contribution >= 0.6 is 15.9 Å². The van der Waals surface area contributed by atoms with Crippen molar-refractivity contribution in [2.75, 3.05) is 27.2 Å². The van der Waals surface area contributed by atoms with Gasteiger partial charge in [-0.25, -0.2) is 0 Å². The fraction of sp³-hybridized carbons (Fsp3) is 0.818. The average molecular weight is 263 g/mol. The van der Waals surface area contributed by atoms with Crippen molar-refractivity contribution in [3.05, 3.63) is 11.1 Å². The van der Waals surface area contributed by atoms with Crippen LogP contribution in [0.5, 0.6) is 0 Å². The van der Waals surface area contributed by atoms with Crippen molar-refractivity contribution >= 4 is 15.9 Å². The van der Waals surface area contributed by atoms with Gasteiger partial charge in [-0.1, -0.05) is 36.4 Å². The molecule has 0 radical (unpaired) electrons. The first-order chi connectivity index (χ1) is 6.41. The minimum Gasteiger partial charge on any atom is -0.308 e. The van der Waals surface area contributed by atoms with E-state index in [1.54, 1.807) is 0 Å². The zero-order chi connectivity index (χ0) is 11.1. The van der Waals surface area contributed by atoms with Crippen LogP contribution in [-0.2, 0) is 0 Å². The van der Waals surface area contributed by atoms with Crippen LogP contribution in [0.15, 0.2) is 11.1 Å². The van der Waals surface area contributed by atoms with E-state index in [0.717, 1.165) is 23.5 Å². The highest BCUT2D eigenvalue weighted by Crippen LogP contribution is 2.07. The van der Waals surface area contributed by atoms with Gasteiger partial charge in [0.15, 0.2) is 0 Å². The summed E-state index contributed by atoms with van der Waals surface area (Å²) < 4.78 is 1.02. The van der Waals surface area contributed by atoms with Crippen molar-refractivity contribution in [1.29, 1.82) is 0 Å². The van der Waals surface area contributed by atoms with Gasteiger partial charge in [0.1, 0.15) is 0 Å². The number of halogens is 1. The van der Waals surface area contributed by atoms with Crippen LogP contribution in [0.4, 0.5) is 0 Å². The van der Waals surface area contributed by atoms with Gasteiger partial charge in [-0.3, -0.25) is 0 Å². The maximum absolute atomic E-state index is 3.83. The summed E-state index contributed by atoms with van der Waals surface area (Å²) >= 11 is 3.36. The quantitative estimate of drug-likeness (QED) is 0.759. The molecule has 0 bridgehead atoms. The highest BCUT2D eigenvalue weighted by Gasteiger charge is 2.10. The molecule has 0 aromatic heterocycles. The normalized spacial score (nSPS) is 13.6. The van der Waals surface area contributed by atoms with Crippen molar-refractivity contribution in [1.82, 2.24) is 10.2 Å². The zero-order valence-electron chi connectivity index (χ0n) is 9.81. The molecule has 1 unspecified atom stereocenters. The first-order valence-electron chi connectivity index (χ1n) is 5.13. The Morgan fingerprint density at radius 3 is 2.36 bits per heavy atom. The van der Waals surface area contributed by atoms with E-state index in [4.69, 9.17) is 0 Å². The van der Waals surface area contributed by atoms with Gasteiger partial charge in [0.2, 0.25) is 0 Å². The molecule has 0 aliphatic rings. The molecule has 14 heavy (non-hydrogen) atoms. The summed E-state index contributed by atoms with van der Waals surface area (Å²) in [5.41, 5.74) is 0. The lowest BCUT2D eigenvalue weighted by atomic mass is 10.0. The highest BCUT2D eigenvalue weighted by atomic mass is 79.9. The SMILES string of the molecule is C=C(Br)CNC(CC(C)C)CN(C)C. The molecule has 0 saturated heterocycles. The van der Waals surface area contributed by atoms with Crippen molar-refractivity contribution in [2.45, 2.75) is 26.3 Å². The van der Waals surface area contributed by atoms with E-state index in [9.17, 15) is 0 Å².